The van der Waals surface area contributed by atoms with Gasteiger partial charge in [-0.25, -0.2) is 0 Å². The van der Waals surface area contributed by atoms with Crippen molar-refractivity contribution in [3.8, 4) is 0 Å². The zero-order chi connectivity index (χ0) is 19.7. The van der Waals surface area contributed by atoms with Crippen molar-refractivity contribution < 1.29 is 13.8 Å². The summed E-state index contributed by atoms with van der Waals surface area (Å²) in [6, 6.07) is 1.88. The smallest absolute Gasteiger partial charge is 0.256 e. The first kappa shape index (κ1) is 18.9. The van der Waals surface area contributed by atoms with E-state index >= 15 is 0 Å². The molecule has 0 bridgehead atoms. The van der Waals surface area contributed by atoms with Crippen LogP contribution in [0, 0.1) is 34.6 Å². The van der Waals surface area contributed by atoms with Gasteiger partial charge in [0.25, 0.3) is 5.91 Å². The van der Waals surface area contributed by atoms with E-state index in [1.165, 1.54) is 0 Å². The molecule has 0 aromatic carbocycles. The number of carbonyl (C=O) groups excluding carboxylic acids is 1. The van der Waals surface area contributed by atoms with Gasteiger partial charge >= 0.3 is 0 Å². The summed E-state index contributed by atoms with van der Waals surface area (Å²) in [5.41, 5.74) is 5.13. The second kappa shape index (κ2) is 7.42. The molecular weight excluding hydrogens is 344 g/mol. The summed E-state index contributed by atoms with van der Waals surface area (Å²) in [6.07, 6.45) is 1.95. The van der Waals surface area contributed by atoms with Gasteiger partial charge in [0.15, 0.2) is 0 Å². The van der Waals surface area contributed by atoms with E-state index in [1.54, 1.807) is 4.90 Å². The Labute approximate surface area is 158 Å². The van der Waals surface area contributed by atoms with Gasteiger partial charge in [-0.2, -0.15) is 0 Å². The Morgan fingerprint density at radius 1 is 1.00 bits per heavy atom. The zero-order valence-corrected chi connectivity index (χ0v) is 16.8. The summed E-state index contributed by atoms with van der Waals surface area (Å²) in [5, 5.41) is 8.04. The summed E-state index contributed by atoms with van der Waals surface area (Å²) in [7, 11) is 0. The fourth-order valence-electron chi connectivity index (χ4n) is 3.33. The molecule has 0 atom stereocenters. The minimum absolute atomic E-state index is 0.0281. The first-order chi connectivity index (χ1) is 12.8. The number of aromatic nitrogens is 3. The van der Waals surface area contributed by atoms with Gasteiger partial charge in [-0.1, -0.05) is 10.3 Å². The van der Waals surface area contributed by atoms with E-state index in [9.17, 15) is 4.79 Å². The van der Waals surface area contributed by atoms with Gasteiger partial charge in [-0.05, 0) is 47.6 Å². The molecule has 0 N–H and O–H groups in total. The summed E-state index contributed by atoms with van der Waals surface area (Å²) in [6.45, 7) is 13.2. The molecule has 144 valence electrons. The number of aryl methyl sites for hydroxylation is 5. The second-order valence-electron chi connectivity index (χ2n) is 6.87. The molecule has 0 fully saturated rings. The Bertz CT molecular complexity index is 877. The van der Waals surface area contributed by atoms with Crippen molar-refractivity contribution in [1.29, 1.82) is 0 Å². The van der Waals surface area contributed by atoms with Crippen molar-refractivity contribution in [2.45, 2.75) is 61.2 Å². The number of amides is 1. The maximum absolute atomic E-state index is 13.4. The molecule has 0 aliphatic heterocycles. The molecule has 7 nitrogen and oxygen atoms in total. The first-order valence-electron chi connectivity index (χ1n) is 9.12. The summed E-state index contributed by atoms with van der Waals surface area (Å²) >= 11 is 0. The predicted molar refractivity (Wildman–Crippen MR) is 100 cm³/mol. The molecule has 0 saturated heterocycles. The maximum Gasteiger partial charge on any atom is 0.256 e. The van der Waals surface area contributed by atoms with Crippen LogP contribution in [0.2, 0.25) is 0 Å². The number of hydrogen-bond acceptors (Lipinski definition) is 5. The van der Waals surface area contributed by atoms with E-state index < -0.39 is 0 Å². The minimum atomic E-state index is -0.0281. The Morgan fingerprint density at radius 3 is 1.89 bits per heavy atom. The third kappa shape index (κ3) is 3.54. The lowest BCUT2D eigenvalue weighted by molar-refractivity contribution is 0.0727. The average molecular weight is 370 g/mol. The summed E-state index contributed by atoms with van der Waals surface area (Å²) in [4.78, 5) is 15.2. The fraction of sp³-hybridized carbons (Fsp3) is 0.450. The van der Waals surface area contributed by atoms with Gasteiger partial charge in [-0.15, -0.1) is 0 Å². The van der Waals surface area contributed by atoms with E-state index in [4.69, 9.17) is 9.05 Å². The third-order valence-electron chi connectivity index (χ3n) is 5.16. The number of carbonyl (C=O) groups is 1. The largest absolute Gasteiger partial charge is 0.361 e. The summed E-state index contributed by atoms with van der Waals surface area (Å²) < 4.78 is 12.6. The molecule has 7 heteroatoms. The van der Waals surface area contributed by atoms with Crippen molar-refractivity contribution in [2.75, 3.05) is 0 Å². The van der Waals surface area contributed by atoms with Crippen LogP contribution in [0.15, 0.2) is 21.3 Å². The lowest BCUT2D eigenvalue weighted by Gasteiger charge is -2.23. The molecule has 1 amide bonds. The zero-order valence-electron chi connectivity index (χ0n) is 16.8. The van der Waals surface area contributed by atoms with Crippen LogP contribution in [0.4, 0.5) is 0 Å². The van der Waals surface area contributed by atoms with Crippen molar-refractivity contribution in [3.05, 3.63) is 57.6 Å². The predicted octanol–water partition coefficient (Wildman–Crippen LogP) is 3.87. The molecule has 3 aromatic rings. The van der Waals surface area contributed by atoms with E-state index in [0.29, 0.717) is 18.7 Å². The molecule has 0 radical (unpaired) electrons. The lowest BCUT2D eigenvalue weighted by Crippen LogP contribution is -2.31. The number of rotatable bonds is 6. The van der Waals surface area contributed by atoms with Gasteiger partial charge in [0.1, 0.15) is 11.5 Å². The number of hydrogen-bond donors (Lipinski definition) is 0. The monoisotopic (exact) mass is 370 g/mol. The average Bonchev–Trinajstić information content (AvgIpc) is 3.28. The quantitative estimate of drug-likeness (QED) is 0.658. The number of nitrogens with zero attached hydrogens (tertiary/aromatic N) is 4. The highest BCUT2D eigenvalue weighted by Gasteiger charge is 2.25. The van der Waals surface area contributed by atoms with Crippen molar-refractivity contribution >= 4 is 5.91 Å². The van der Waals surface area contributed by atoms with Crippen molar-refractivity contribution in [1.82, 2.24) is 19.8 Å². The van der Waals surface area contributed by atoms with Crippen LogP contribution in [0.1, 0.15) is 57.0 Å². The van der Waals surface area contributed by atoms with Gasteiger partial charge < -0.3 is 18.5 Å². The highest BCUT2D eigenvalue weighted by molar-refractivity contribution is 5.95. The topological polar surface area (TPSA) is 77.3 Å². The fourth-order valence-corrected chi connectivity index (χ4v) is 3.33. The van der Waals surface area contributed by atoms with Crippen LogP contribution in [0.3, 0.4) is 0 Å². The van der Waals surface area contributed by atoms with Gasteiger partial charge in [0.05, 0.1) is 30.0 Å². The molecule has 3 heterocycles. The van der Waals surface area contributed by atoms with E-state index in [2.05, 4.69) is 21.8 Å². The standard InChI is InChI=1S/C20H26N4O3/c1-7-23-9-8-17(14(23)4)20(25)24(10-18-12(2)21-26-15(18)5)11-19-13(3)22-27-16(19)6/h8-9H,7,10-11H2,1-6H3. The molecule has 0 aliphatic rings. The molecule has 0 unspecified atom stereocenters. The minimum Gasteiger partial charge on any atom is -0.361 e. The van der Waals surface area contributed by atoms with Crippen LogP contribution in [0.5, 0.6) is 0 Å². The van der Waals surface area contributed by atoms with Crippen LogP contribution < -0.4 is 0 Å². The van der Waals surface area contributed by atoms with Gasteiger partial charge in [0, 0.05) is 29.6 Å². The Morgan fingerprint density at radius 2 is 1.52 bits per heavy atom. The molecule has 27 heavy (non-hydrogen) atoms. The molecule has 0 aliphatic carbocycles. The van der Waals surface area contributed by atoms with Crippen molar-refractivity contribution in [3.63, 3.8) is 0 Å². The Balaban J connectivity index is 1.98. The van der Waals surface area contributed by atoms with E-state index in [0.717, 1.165) is 46.3 Å². The molecule has 3 rings (SSSR count). The SMILES string of the molecule is CCn1ccc(C(=O)N(Cc2c(C)noc2C)Cc2c(C)noc2C)c1C. The van der Waals surface area contributed by atoms with Crippen LogP contribution in [-0.2, 0) is 19.6 Å². The van der Waals surface area contributed by atoms with Gasteiger partial charge in [-0.3, -0.25) is 4.79 Å². The highest BCUT2D eigenvalue weighted by atomic mass is 16.5. The van der Waals surface area contributed by atoms with Crippen LogP contribution in [0.25, 0.3) is 0 Å². The van der Waals surface area contributed by atoms with E-state index in [-0.39, 0.29) is 5.91 Å². The maximum atomic E-state index is 13.4. The van der Waals surface area contributed by atoms with E-state index in [1.807, 2.05) is 46.9 Å². The van der Waals surface area contributed by atoms with Gasteiger partial charge in [0.2, 0.25) is 0 Å². The van der Waals surface area contributed by atoms with Crippen LogP contribution >= 0.6 is 0 Å². The molecular formula is C20H26N4O3. The Kier molecular flexibility index (Phi) is 5.21. The Hall–Kier alpha value is -2.83. The third-order valence-corrected chi connectivity index (χ3v) is 5.16. The lowest BCUT2D eigenvalue weighted by atomic mass is 10.1. The first-order valence-corrected chi connectivity index (χ1v) is 9.12. The highest BCUT2D eigenvalue weighted by Crippen LogP contribution is 2.23. The normalized spacial score (nSPS) is 11.2. The van der Waals surface area contributed by atoms with Crippen LogP contribution in [-0.4, -0.2) is 25.7 Å². The molecule has 0 spiro atoms. The second-order valence-corrected chi connectivity index (χ2v) is 6.87. The van der Waals surface area contributed by atoms with Crippen molar-refractivity contribution in [2.24, 2.45) is 0 Å². The molecule has 3 aromatic heterocycles. The molecule has 0 saturated carbocycles. The summed E-state index contributed by atoms with van der Waals surface area (Å²) in [5.74, 6) is 1.43.